The van der Waals surface area contributed by atoms with Crippen LogP contribution in [0.2, 0.25) is 0 Å². The minimum Gasteiger partial charge on any atom is -0.0651 e. The Morgan fingerprint density at radius 3 is 2.25 bits per heavy atom. The van der Waals surface area contributed by atoms with Gasteiger partial charge in [-0.1, -0.05) is 67.2 Å². The molecule has 0 aliphatic heterocycles. The first-order valence-corrected chi connectivity index (χ1v) is 9.35. The van der Waals surface area contributed by atoms with Crippen molar-refractivity contribution >= 4 is 0 Å². The van der Waals surface area contributed by atoms with Crippen LogP contribution < -0.4 is 0 Å². The molecule has 0 spiro atoms. The van der Waals surface area contributed by atoms with Gasteiger partial charge in [0.15, 0.2) is 0 Å². The van der Waals surface area contributed by atoms with E-state index < -0.39 is 0 Å². The lowest BCUT2D eigenvalue weighted by atomic mass is 9.45. The molecule has 2 fully saturated rings. The van der Waals surface area contributed by atoms with Gasteiger partial charge < -0.3 is 0 Å². The zero-order chi connectivity index (χ0) is 15.0. The first-order chi connectivity index (χ1) is 9.35. The van der Waals surface area contributed by atoms with Crippen molar-refractivity contribution < 1.29 is 0 Å². The molecule has 0 saturated heterocycles. The molecule has 2 aliphatic rings. The van der Waals surface area contributed by atoms with Crippen molar-refractivity contribution in [1.29, 1.82) is 0 Å². The molecule has 4 unspecified atom stereocenters. The van der Waals surface area contributed by atoms with E-state index in [0.717, 1.165) is 23.7 Å². The van der Waals surface area contributed by atoms with Crippen LogP contribution in [0.1, 0.15) is 92.9 Å². The van der Waals surface area contributed by atoms with Gasteiger partial charge in [-0.05, 0) is 60.2 Å². The molecule has 20 heavy (non-hydrogen) atoms. The van der Waals surface area contributed by atoms with Crippen LogP contribution in [0.4, 0.5) is 0 Å². The van der Waals surface area contributed by atoms with Gasteiger partial charge >= 0.3 is 0 Å². The Balaban J connectivity index is 2.24. The fraction of sp³-hybridized carbons (Fsp3) is 1.00. The Hall–Kier alpha value is 0. The number of fused-ring (bicyclic) bond motifs is 1. The molecule has 0 aromatic heterocycles. The Kier molecular flexibility index (Phi) is 4.92. The van der Waals surface area contributed by atoms with Gasteiger partial charge in [0.25, 0.3) is 0 Å². The maximum Gasteiger partial charge on any atom is -0.0261 e. The molecular weight excluding hydrogens is 240 g/mol. The minimum absolute atomic E-state index is 0.583. The Labute approximate surface area is 128 Å². The molecule has 0 bridgehead atoms. The second-order valence-electron chi connectivity index (χ2n) is 8.98. The summed E-state index contributed by atoms with van der Waals surface area (Å²) < 4.78 is 0. The molecular formula is C20H38. The Morgan fingerprint density at radius 1 is 1.00 bits per heavy atom. The van der Waals surface area contributed by atoms with Crippen LogP contribution in [-0.2, 0) is 0 Å². The van der Waals surface area contributed by atoms with Crippen LogP contribution in [0.15, 0.2) is 0 Å². The molecule has 4 atom stereocenters. The van der Waals surface area contributed by atoms with Crippen molar-refractivity contribution in [2.45, 2.75) is 92.9 Å². The number of hydrogen-bond donors (Lipinski definition) is 0. The highest BCUT2D eigenvalue weighted by Crippen LogP contribution is 2.62. The van der Waals surface area contributed by atoms with E-state index in [-0.39, 0.29) is 0 Å². The van der Waals surface area contributed by atoms with Gasteiger partial charge in [0, 0.05) is 0 Å². The molecule has 2 aliphatic carbocycles. The molecule has 2 rings (SSSR count). The van der Waals surface area contributed by atoms with Crippen molar-refractivity contribution in [3.63, 3.8) is 0 Å². The SMILES string of the molecule is CCC(CC)CC1C(C)CCC2C(C)(C)CCCC12C. The second kappa shape index (κ2) is 6.01. The lowest BCUT2D eigenvalue weighted by Crippen LogP contribution is -2.51. The normalized spacial score (nSPS) is 40.6. The average Bonchev–Trinajstić information content (AvgIpc) is 2.37. The summed E-state index contributed by atoms with van der Waals surface area (Å²) in [6, 6.07) is 0. The Bertz CT molecular complexity index is 312. The molecule has 118 valence electrons. The number of rotatable bonds is 4. The smallest absolute Gasteiger partial charge is 0.0261 e. The Morgan fingerprint density at radius 2 is 1.65 bits per heavy atom. The molecule has 0 nitrogen and oxygen atoms in total. The van der Waals surface area contributed by atoms with Crippen LogP contribution in [0.25, 0.3) is 0 Å². The largest absolute Gasteiger partial charge is 0.0651 e. The summed E-state index contributed by atoms with van der Waals surface area (Å²) in [7, 11) is 0. The summed E-state index contributed by atoms with van der Waals surface area (Å²) in [6.07, 6.45) is 11.6. The monoisotopic (exact) mass is 278 g/mol. The highest BCUT2D eigenvalue weighted by Gasteiger charge is 2.53. The van der Waals surface area contributed by atoms with Crippen LogP contribution in [0.5, 0.6) is 0 Å². The van der Waals surface area contributed by atoms with E-state index in [1.165, 1.54) is 51.4 Å². The molecule has 0 heterocycles. The second-order valence-corrected chi connectivity index (χ2v) is 8.98. The van der Waals surface area contributed by atoms with E-state index in [2.05, 4.69) is 41.5 Å². The quantitative estimate of drug-likeness (QED) is 0.537. The summed E-state index contributed by atoms with van der Waals surface area (Å²) >= 11 is 0. The topological polar surface area (TPSA) is 0 Å². The zero-order valence-corrected chi connectivity index (χ0v) is 15.0. The third kappa shape index (κ3) is 2.81. The van der Waals surface area contributed by atoms with E-state index >= 15 is 0 Å². The summed E-state index contributed by atoms with van der Waals surface area (Å²) in [5, 5.41) is 0. The molecule has 0 N–H and O–H groups in total. The van der Waals surface area contributed by atoms with Gasteiger partial charge in [-0.2, -0.15) is 0 Å². The van der Waals surface area contributed by atoms with Crippen molar-refractivity contribution in [2.75, 3.05) is 0 Å². The highest BCUT2D eigenvalue weighted by molar-refractivity contribution is 5.03. The van der Waals surface area contributed by atoms with Gasteiger partial charge in [0.1, 0.15) is 0 Å². The van der Waals surface area contributed by atoms with E-state index in [4.69, 9.17) is 0 Å². The van der Waals surface area contributed by atoms with E-state index in [1.807, 2.05) is 0 Å². The van der Waals surface area contributed by atoms with Gasteiger partial charge in [-0.25, -0.2) is 0 Å². The third-order valence-corrected chi connectivity index (χ3v) is 7.46. The maximum absolute atomic E-state index is 2.67. The van der Waals surface area contributed by atoms with Crippen LogP contribution in [0.3, 0.4) is 0 Å². The lowest BCUT2D eigenvalue weighted by molar-refractivity contribution is -0.100. The fourth-order valence-electron chi connectivity index (χ4n) is 6.09. The van der Waals surface area contributed by atoms with Gasteiger partial charge in [0.05, 0.1) is 0 Å². The first kappa shape index (κ1) is 16.4. The molecule has 2 saturated carbocycles. The molecule has 0 amide bonds. The maximum atomic E-state index is 2.67. The molecule has 0 aromatic rings. The highest BCUT2D eigenvalue weighted by atomic mass is 14.6. The summed E-state index contributed by atoms with van der Waals surface area (Å²) in [5.41, 5.74) is 1.21. The van der Waals surface area contributed by atoms with Crippen LogP contribution in [0, 0.1) is 34.5 Å². The zero-order valence-electron chi connectivity index (χ0n) is 15.0. The van der Waals surface area contributed by atoms with E-state index in [1.54, 1.807) is 0 Å². The fourth-order valence-corrected chi connectivity index (χ4v) is 6.09. The van der Waals surface area contributed by atoms with Crippen LogP contribution in [-0.4, -0.2) is 0 Å². The number of hydrogen-bond acceptors (Lipinski definition) is 0. The molecule has 0 radical (unpaired) electrons. The van der Waals surface area contributed by atoms with Crippen molar-refractivity contribution in [3.8, 4) is 0 Å². The van der Waals surface area contributed by atoms with Gasteiger partial charge in [-0.3, -0.25) is 0 Å². The minimum atomic E-state index is 0.583. The van der Waals surface area contributed by atoms with Gasteiger partial charge in [0.2, 0.25) is 0 Å². The lowest BCUT2D eigenvalue weighted by Gasteiger charge is -2.59. The third-order valence-electron chi connectivity index (χ3n) is 7.46. The standard InChI is InChI=1S/C20H38/c1-7-16(8-2)14-17-15(3)10-11-18-19(4,5)12-9-13-20(17,18)6/h15-18H,7-14H2,1-6H3. The van der Waals surface area contributed by atoms with E-state index in [0.29, 0.717) is 10.8 Å². The van der Waals surface area contributed by atoms with E-state index in [9.17, 15) is 0 Å². The predicted molar refractivity (Wildman–Crippen MR) is 89.8 cm³/mol. The summed E-state index contributed by atoms with van der Waals surface area (Å²) in [4.78, 5) is 0. The first-order valence-electron chi connectivity index (χ1n) is 9.35. The average molecular weight is 279 g/mol. The molecule has 0 heteroatoms. The van der Waals surface area contributed by atoms with Gasteiger partial charge in [-0.15, -0.1) is 0 Å². The summed E-state index contributed by atoms with van der Waals surface area (Å²) in [5.74, 6) is 3.86. The molecule has 0 aromatic carbocycles. The van der Waals surface area contributed by atoms with Crippen molar-refractivity contribution in [2.24, 2.45) is 34.5 Å². The predicted octanol–water partition coefficient (Wildman–Crippen LogP) is 6.69. The van der Waals surface area contributed by atoms with Crippen LogP contribution >= 0.6 is 0 Å². The van der Waals surface area contributed by atoms with Crippen molar-refractivity contribution in [3.05, 3.63) is 0 Å². The summed E-state index contributed by atoms with van der Waals surface area (Å²) in [6.45, 7) is 15.1. The van der Waals surface area contributed by atoms with Crippen molar-refractivity contribution in [1.82, 2.24) is 0 Å².